The maximum Gasteiger partial charge on any atom is 0.266 e. The number of benzene rings is 3. The Hall–Kier alpha value is -3.31. The number of para-hydroxylation sites is 1. The molecule has 4 rings (SSSR count). The Balaban J connectivity index is 1.80. The monoisotopic (exact) mass is 400 g/mol. The normalized spacial score (nSPS) is 10.8. The molecule has 4 aromatic rings. The quantitative estimate of drug-likeness (QED) is 0.324. The molecule has 5 heteroatoms. The molecule has 1 aromatic heterocycles. The van der Waals surface area contributed by atoms with Gasteiger partial charge in [-0.15, -0.1) is 0 Å². The van der Waals surface area contributed by atoms with Gasteiger partial charge in [0.25, 0.3) is 5.56 Å². The first-order valence-electron chi connectivity index (χ1n) is 9.20. The zero-order valence-electron chi connectivity index (χ0n) is 16.0. The molecule has 1 heterocycles. The highest BCUT2D eigenvalue weighted by atomic mass is 32.2. The van der Waals surface area contributed by atoms with Gasteiger partial charge in [-0.05, 0) is 35.4 Å². The molecule has 0 unspecified atom stereocenters. The molecule has 0 fully saturated rings. The van der Waals surface area contributed by atoms with Crippen molar-refractivity contribution in [1.29, 1.82) is 0 Å². The van der Waals surface area contributed by atoms with Crippen LogP contribution in [-0.4, -0.2) is 16.7 Å². The third-order valence-electron chi connectivity index (χ3n) is 4.64. The summed E-state index contributed by atoms with van der Waals surface area (Å²) in [5.74, 6) is 1.39. The summed E-state index contributed by atoms with van der Waals surface area (Å²) >= 11 is 1.54. The minimum atomic E-state index is -0.0895. The van der Waals surface area contributed by atoms with Crippen molar-refractivity contribution in [2.75, 3.05) is 7.11 Å². The van der Waals surface area contributed by atoms with Crippen molar-refractivity contribution in [3.05, 3.63) is 101 Å². The van der Waals surface area contributed by atoms with Crippen molar-refractivity contribution in [3.8, 4) is 11.4 Å². The van der Waals surface area contributed by atoms with Gasteiger partial charge in [0.15, 0.2) is 5.16 Å². The molecule has 0 aliphatic heterocycles. The number of thioether (sulfide) groups is 1. The van der Waals surface area contributed by atoms with Gasteiger partial charge in [-0.25, -0.2) is 4.98 Å². The van der Waals surface area contributed by atoms with Gasteiger partial charge in [0, 0.05) is 11.8 Å². The highest BCUT2D eigenvalue weighted by molar-refractivity contribution is 7.98. The van der Waals surface area contributed by atoms with Crippen LogP contribution in [0.15, 0.2) is 89.3 Å². The number of rotatable bonds is 6. The summed E-state index contributed by atoms with van der Waals surface area (Å²) in [5.41, 5.74) is 3.57. The molecule has 0 atom stereocenters. The van der Waals surface area contributed by atoms with Gasteiger partial charge >= 0.3 is 0 Å². The number of nitrogens with zero attached hydrogens (tertiary/aromatic N) is 2. The van der Waals surface area contributed by atoms with Gasteiger partial charge in [0.05, 0.1) is 23.7 Å². The number of hydrogen-bond donors (Lipinski definition) is 0. The van der Waals surface area contributed by atoms with Crippen molar-refractivity contribution >= 4 is 28.7 Å². The number of aromatic nitrogens is 2. The molecule has 0 spiro atoms. The molecule has 0 radical (unpaired) electrons. The van der Waals surface area contributed by atoms with E-state index in [0.717, 1.165) is 16.8 Å². The van der Waals surface area contributed by atoms with Crippen LogP contribution in [0.5, 0.6) is 5.75 Å². The maximum atomic E-state index is 13.3. The highest BCUT2D eigenvalue weighted by Crippen LogP contribution is 2.26. The third kappa shape index (κ3) is 3.96. The van der Waals surface area contributed by atoms with Crippen LogP contribution in [0.2, 0.25) is 0 Å². The van der Waals surface area contributed by atoms with Crippen LogP contribution < -0.4 is 10.3 Å². The SMILES string of the molecule is C=Cc1ccc(CSc2nc3ccccc3c(=O)n2-c2cccc(OC)c2)cc1. The van der Waals surface area contributed by atoms with E-state index in [1.165, 1.54) is 11.8 Å². The highest BCUT2D eigenvalue weighted by Gasteiger charge is 2.14. The molecular formula is C24H20N2O2S. The summed E-state index contributed by atoms with van der Waals surface area (Å²) in [7, 11) is 1.61. The van der Waals surface area contributed by atoms with E-state index in [-0.39, 0.29) is 5.56 Å². The Morgan fingerprint density at radius 3 is 2.62 bits per heavy atom. The average molecular weight is 401 g/mol. The van der Waals surface area contributed by atoms with E-state index in [9.17, 15) is 4.79 Å². The number of ether oxygens (including phenoxy) is 1. The zero-order valence-corrected chi connectivity index (χ0v) is 16.9. The van der Waals surface area contributed by atoms with Crippen LogP contribution in [0.4, 0.5) is 0 Å². The van der Waals surface area contributed by atoms with Gasteiger partial charge < -0.3 is 4.74 Å². The van der Waals surface area contributed by atoms with E-state index in [1.54, 1.807) is 11.7 Å². The van der Waals surface area contributed by atoms with Crippen molar-refractivity contribution in [2.24, 2.45) is 0 Å². The van der Waals surface area contributed by atoms with Crippen LogP contribution in [0.3, 0.4) is 0 Å². The van der Waals surface area contributed by atoms with Crippen LogP contribution in [0, 0.1) is 0 Å². The molecule has 0 saturated heterocycles. The summed E-state index contributed by atoms with van der Waals surface area (Å²) in [6, 6.07) is 23.1. The lowest BCUT2D eigenvalue weighted by Gasteiger charge is -2.14. The minimum Gasteiger partial charge on any atom is -0.497 e. The fraction of sp³-hybridized carbons (Fsp3) is 0.0833. The summed E-state index contributed by atoms with van der Waals surface area (Å²) in [6.07, 6.45) is 1.82. The summed E-state index contributed by atoms with van der Waals surface area (Å²) in [5, 5.41) is 1.24. The topological polar surface area (TPSA) is 44.1 Å². The molecular weight excluding hydrogens is 380 g/mol. The molecule has 0 aliphatic rings. The lowest BCUT2D eigenvalue weighted by molar-refractivity contribution is 0.414. The predicted molar refractivity (Wildman–Crippen MR) is 120 cm³/mol. The molecule has 3 aromatic carbocycles. The lowest BCUT2D eigenvalue weighted by Crippen LogP contribution is -2.21. The third-order valence-corrected chi connectivity index (χ3v) is 5.65. The van der Waals surface area contributed by atoms with E-state index < -0.39 is 0 Å². The number of hydrogen-bond acceptors (Lipinski definition) is 4. The van der Waals surface area contributed by atoms with Crippen LogP contribution >= 0.6 is 11.8 Å². The van der Waals surface area contributed by atoms with E-state index >= 15 is 0 Å². The van der Waals surface area contributed by atoms with Gasteiger partial charge in [0.1, 0.15) is 5.75 Å². The first-order chi connectivity index (χ1) is 14.2. The Kier molecular flexibility index (Phi) is 5.49. The predicted octanol–water partition coefficient (Wildman–Crippen LogP) is 5.33. The molecule has 0 aliphatic carbocycles. The van der Waals surface area contributed by atoms with Crippen molar-refractivity contribution in [3.63, 3.8) is 0 Å². The standard InChI is InChI=1S/C24H20N2O2S/c1-3-17-11-13-18(14-12-17)16-29-24-25-22-10-5-4-9-21(22)23(27)26(24)19-7-6-8-20(15-19)28-2/h3-15H,1,16H2,2H3. The fourth-order valence-corrected chi connectivity index (χ4v) is 4.05. The molecule has 4 nitrogen and oxygen atoms in total. The van der Waals surface area contributed by atoms with Crippen molar-refractivity contribution in [2.45, 2.75) is 10.9 Å². The lowest BCUT2D eigenvalue weighted by atomic mass is 10.1. The number of fused-ring (bicyclic) bond motifs is 1. The van der Waals surface area contributed by atoms with Gasteiger partial charge in [-0.2, -0.15) is 0 Å². The summed E-state index contributed by atoms with van der Waals surface area (Å²) in [6.45, 7) is 3.79. The smallest absolute Gasteiger partial charge is 0.266 e. The van der Waals surface area contributed by atoms with Gasteiger partial charge in [-0.1, -0.05) is 66.9 Å². The maximum absolute atomic E-state index is 13.3. The second-order valence-electron chi connectivity index (χ2n) is 6.49. The first-order valence-corrected chi connectivity index (χ1v) is 10.2. The Morgan fingerprint density at radius 2 is 1.86 bits per heavy atom. The molecule has 144 valence electrons. The Morgan fingerprint density at radius 1 is 1.07 bits per heavy atom. The van der Waals surface area contributed by atoms with E-state index in [1.807, 2.05) is 66.7 Å². The Bertz CT molecular complexity index is 1230. The van der Waals surface area contributed by atoms with Crippen LogP contribution in [0.25, 0.3) is 22.7 Å². The van der Waals surface area contributed by atoms with Crippen LogP contribution in [0.1, 0.15) is 11.1 Å². The largest absolute Gasteiger partial charge is 0.497 e. The molecule has 0 saturated carbocycles. The van der Waals surface area contributed by atoms with E-state index in [4.69, 9.17) is 9.72 Å². The van der Waals surface area contributed by atoms with Gasteiger partial charge in [-0.3, -0.25) is 9.36 Å². The summed E-state index contributed by atoms with van der Waals surface area (Å²) in [4.78, 5) is 18.1. The van der Waals surface area contributed by atoms with E-state index in [0.29, 0.717) is 27.6 Å². The average Bonchev–Trinajstić information content (AvgIpc) is 2.78. The molecule has 0 N–H and O–H groups in total. The number of methoxy groups -OCH3 is 1. The Labute approximate surface area is 173 Å². The molecule has 29 heavy (non-hydrogen) atoms. The van der Waals surface area contributed by atoms with E-state index in [2.05, 4.69) is 18.7 Å². The van der Waals surface area contributed by atoms with Crippen molar-refractivity contribution < 1.29 is 4.74 Å². The molecule has 0 amide bonds. The molecule has 0 bridgehead atoms. The second-order valence-corrected chi connectivity index (χ2v) is 7.43. The minimum absolute atomic E-state index is 0.0895. The summed E-state index contributed by atoms with van der Waals surface area (Å²) < 4.78 is 7.00. The van der Waals surface area contributed by atoms with Crippen LogP contribution in [-0.2, 0) is 5.75 Å². The second kappa shape index (κ2) is 8.37. The zero-order chi connectivity index (χ0) is 20.2. The first kappa shape index (κ1) is 19.0. The van der Waals surface area contributed by atoms with Gasteiger partial charge in [0.2, 0.25) is 0 Å². The van der Waals surface area contributed by atoms with Crippen molar-refractivity contribution in [1.82, 2.24) is 9.55 Å². The fourth-order valence-electron chi connectivity index (χ4n) is 3.08.